The van der Waals surface area contributed by atoms with Gasteiger partial charge in [-0.1, -0.05) is 23.4 Å². The molecule has 0 saturated carbocycles. The first kappa shape index (κ1) is 23.6. The molecule has 2 rings (SSSR count). The molecule has 0 aliphatic carbocycles. The third kappa shape index (κ3) is 5.71. The van der Waals surface area contributed by atoms with Crippen molar-refractivity contribution in [3.05, 3.63) is 39.4 Å². The smallest absolute Gasteiger partial charge is 0.348 e. The van der Waals surface area contributed by atoms with Crippen molar-refractivity contribution in [1.29, 1.82) is 0 Å². The fraction of sp³-hybridized carbons (Fsp3) is 0.278. The molecule has 2 heterocycles. The second-order valence-electron chi connectivity index (χ2n) is 5.48. The fourth-order valence-corrected chi connectivity index (χ4v) is 4.40. The van der Waals surface area contributed by atoms with E-state index in [4.69, 9.17) is 21.1 Å². The maximum absolute atomic E-state index is 12.4. The fourth-order valence-electron chi connectivity index (χ4n) is 2.29. The molecule has 0 unspecified atom stereocenters. The van der Waals surface area contributed by atoms with Crippen LogP contribution in [0.5, 0.6) is 0 Å². The lowest BCUT2D eigenvalue weighted by Crippen LogP contribution is -2.17. The molecule has 30 heavy (non-hydrogen) atoms. The number of ether oxygens (including phenoxy) is 3. The number of carbonyl (C=O) groups excluding carboxylic acids is 4. The largest absolute Gasteiger partial charge is 0.469 e. The Balaban J connectivity index is 2.34. The van der Waals surface area contributed by atoms with Gasteiger partial charge in [0.2, 0.25) is 5.91 Å². The van der Waals surface area contributed by atoms with Gasteiger partial charge in [-0.2, -0.15) is 0 Å². The molecule has 0 radical (unpaired) electrons. The Morgan fingerprint density at radius 3 is 2.43 bits per heavy atom. The average Bonchev–Trinajstić information content (AvgIpc) is 3.09. The summed E-state index contributed by atoms with van der Waals surface area (Å²) in [4.78, 5) is 52.8. The first-order chi connectivity index (χ1) is 14.3. The van der Waals surface area contributed by atoms with E-state index in [0.717, 1.165) is 37.3 Å². The maximum Gasteiger partial charge on any atom is 0.348 e. The molecule has 0 atom stereocenters. The van der Waals surface area contributed by atoms with Gasteiger partial charge in [-0.25, -0.2) is 14.6 Å². The van der Waals surface area contributed by atoms with E-state index >= 15 is 0 Å². The monoisotopic (exact) mass is 472 g/mol. The first-order valence-corrected chi connectivity index (χ1v) is 10.4. The molecule has 12 heteroatoms. The van der Waals surface area contributed by atoms with E-state index in [1.807, 2.05) is 0 Å². The Kier molecular flexibility index (Phi) is 8.63. The molecule has 0 aliphatic heterocycles. The summed E-state index contributed by atoms with van der Waals surface area (Å²) in [5.41, 5.74) is -0.0520. The van der Waals surface area contributed by atoms with Gasteiger partial charge in [0.05, 0.1) is 44.1 Å². The number of methoxy groups -OCH3 is 3. The van der Waals surface area contributed by atoms with Crippen LogP contribution < -0.4 is 5.32 Å². The zero-order valence-corrected chi connectivity index (χ0v) is 18.5. The van der Waals surface area contributed by atoms with Gasteiger partial charge in [0.15, 0.2) is 0 Å². The number of pyridine rings is 1. The molecule has 0 fully saturated rings. The summed E-state index contributed by atoms with van der Waals surface area (Å²) >= 11 is 7.92. The van der Waals surface area contributed by atoms with Gasteiger partial charge in [0.1, 0.15) is 14.9 Å². The molecular weight excluding hydrogens is 456 g/mol. The number of thioether (sulfide) groups is 1. The number of esters is 3. The number of carbonyl (C=O) groups is 4. The van der Waals surface area contributed by atoms with Crippen LogP contribution in [-0.4, -0.2) is 55.9 Å². The molecule has 9 nitrogen and oxygen atoms in total. The van der Waals surface area contributed by atoms with Crippen LogP contribution in [0.4, 0.5) is 5.00 Å². The summed E-state index contributed by atoms with van der Waals surface area (Å²) < 4.78 is 14.1. The average molecular weight is 473 g/mol. The van der Waals surface area contributed by atoms with Crippen LogP contribution in [0.1, 0.15) is 25.6 Å². The quantitative estimate of drug-likeness (QED) is 0.351. The van der Waals surface area contributed by atoms with Gasteiger partial charge in [-0.05, 0) is 12.1 Å². The van der Waals surface area contributed by atoms with Gasteiger partial charge < -0.3 is 19.5 Å². The van der Waals surface area contributed by atoms with E-state index in [-0.39, 0.29) is 33.2 Å². The van der Waals surface area contributed by atoms with Crippen molar-refractivity contribution >= 4 is 63.5 Å². The Labute approximate surface area is 185 Å². The first-order valence-electron chi connectivity index (χ1n) is 8.24. The maximum atomic E-state index is 12.4. The Bertz CT molecular complexity index is 977. The number of anilines is 1. The zero-order valence-electron chi connectivity index (χ0n) is 16.1. The summed E-state index contributed by atoms with van der Waals surface area (Å²) in [7, 11) is 3.48. The molecule has 0 aromatic carbocycles. The number of hydrogen-bond acceptors (Lipinski definition) is 10. The lowest BCUT2D eigenvalue weighted by Gasteiger charge is -2.08. The normalized spacial score (nSPS) is 10.3. The zero-order chi connectivity index (χ0) is 22.3. The third-order valence-corrected chi connectivity index (χ3v) is 6.18. The van der Waals surface area contributed by atoms with Crippen LogP contribution in [0.2, 0.25) is 5.02 Å². The predicted octanol–water partition coefficient (Wildman–Crippen LogP) is 2.82. The number of amides is 1. The molecule has 1 amide bonds. The molecule has 0 bridgehead atoms. The highest BCUT2D eigenvalue weighted by Gasteiger charge is 2.30. The molecule has 0 saturated heterocycles. The Hall–Kier alpha value is -2.63. The molecule has 1 N–H and O–H groups in total. The number of thiophene rings is 1. The van der Waals surface area contributed by atoms with Crippen molar-refractivity contribution in [2.24, 2.45) is 0 Å². The summed E-state index contributed by atoms with van der Waals surface area (Å²) in [6.07, 6.45) is 1.17. The predicted molar refractivity (Wildman–Crippen MR) is 111 cm³/mol. The van der Waals surface area contributed by atoms with Crippen LogP contribution in [0, 0.1) is 0 Å². The van der Waals surface area contributed by atoms with Crippen molar-refractivity contribution in [3.63, 3.8) is 0 Å². The number of aromatic nitrogens is 1. The second-order valence-corrected chi connectivity index (χ2v) is 7.87. The van der Waals surface area contributed by atoms with Crippen molar-refractivity contribution in [2.45, 2.75) is 11.4 Å². The van der Waals surface area contributed by atoms with Crippen molar-refractivity contribution in [1.82, 2.24) is 4.98 Å². The number of hydrogen-bond donors (Lipinski definition) is 1. The van der Waals surface area contributed by atoms with Crippen LogP contribution in [0.15, 0.2) is 23.4 Å². The van der Waals surface area contributed by atoms with Gasteiger partial charge in [-0.3, -0.25) is 9.59 Å². The van der Waals surface area contributed by atoms with Crippen LogP contribution in [0.3, 0.4) is 0 Å². The minimum Gasteiger partial charge on any atom is -0.469 e. The second kappa shape index (κ2) is 11.0. The van der Waals surface area contributed by atoms with E-state index in [1.165, 1.54) is 7.11 Å². The van der Waals surface area contributed by atoms with Gasteiger partial charge >= 0.3 is 17.9 Å². The molecule has 0 spiro atoms. The standard InChI is InChI=1S/C18H17ClN2O7S2/c1-26-12(23)7-9-13(17(24)27-2)16(30-14(9)18(25)28-3)21-11(22)8-29-15-10(19)5-4-6-20-15/h4-6H,7-8H2,1-3H3,(H,21,22). The van der Waals surface area contributed by atoms with Crippen LogP contribution >= 0.6 is 34.7 Å². The van der Waals surface area contributed by atoms with Crippen LogP contribution in [-0.2, 0) is 30.2 Å². The van der Waals surface area contributed by atoms with Crippen molar-refractivity contribution < 1.29 is 33.4 Å². The lowest BCUT2D eigenvalue weighted by molar-refractivity contribution is -0.139. The minimum absolute atomic E-state index is 0.0148. The van der Waals surface area contributed by atoms with Gasteiger partial charge in [0, 0.05) is 11.8 Å². The molecular formula is C18H17ClN2O7S2. The summed E-state index contributed by atoms with van der Waals surface area (Å²) in [5, 5.41) is 3.49. The third-order valence-electron chi connectivity index (χ3n) is 3.63. The number of rotatable bonds is 8. The van der Waals surface area contributed by atoms with Crippen LogP contribution in [0.25, 0.3) is 0 Å². The number of nitrogens with zero attached hydrogens (tertiary/aromatic N) is 1. The SMILES string of the molecule is COC(=O)Cc1c(C(=O)OC)sc(NC(=O)CSc2ncccc2Cl)c1C(=O)OC. The molecule has 2 aromatic heterocycles. The molecule has 0 aliphatic rings. The summed E-state index contributed by atoms with van der Waals surface area (Å²) in [6, 6.07) is 3.31. The van der Waals surface area contributed by atoms with Gasteiger partial charge in [0.25, 0.3) is 0 Å². The van der Waals surface area contributed by atoms with E-state index in [1.54, 1.807) is 18.3 Å². The lowest BCUT2D eigenvalue weighted by atomic mass is 10.1. The van der Waals surface area contributed by atoms with E-state index in [9.17, 15) is 19.2 Å². The number of halogens is 1. The summed E-state index contributed by atoms with van der Waals surface area (Å²) in [5.74, 6) is -2.81. The molecule has 160 valence electrons. The Morgan fingerprint density at radius 1 is 1.13 bits per heavy atom. The van der Waals surface area contributed by atoms with Gasteiger partial charge in [-0.15, -0.1) is 11.3 Å². The highest BCUT2D eigenvalue weighted by Crippen LogP contribution is 2.36. The van der Waals surface area contributed by atoms with Crippen molar-refractivity contribution in [2.75, 3.05) is 32.4 Å². The highest BCUT2D eigenvalue weighted by molar-refractivity contribution is 8.00. The summed E-state index contributed by atoms with van der Waals surface area (Å²) in [6.45, 7) is 0. The molecule has 2 aromatic rings. The minimum atomic E-state index is -0.823. The Morgan fingerprint density at radius 2 is 1.83 bits per heavy atom. The number of nitrogens with one attached hydrogen (secondary N) is 1. The van der Waals surface area contributed by atoms with E-state index in [2.05, 4.69) is 15.0 Å². The van der Waals surface area contributed by atoms with E-state index < -0.39 is 23.8 Å². The van der Waals surface area contributed by atoms with Crippen molar-refractivity contribution in [3.8, 4) is 0 Å². The highest BCUT2D eigenvalue weighted by atomic mass is 35.5. The van der Waals surface area contributed by atoms with E-state index in [0.29, 0.717) is 10.0 Å². The topological polar surface area (TPSA) is 121 Å².